The van der Waals surface area contributed by atoms with Crippen molar-refractivity contribution < 1.29 is 14.3 Å². The van der Waals surface area contributed by atoms with Gasteiger partial charge in [-0.2, -0.15) is 0 Å². The summed E-state index contributed by atoms with van der Waals surface area (Å²) in [5.41, 5.74) is 1.03. The van der Waals surface area contributed by atoms with Crippen molar-refractivity contribution in [2.75, 3.05) is 20.2 Å². The zero-order valence-electron chi connectivity index (χ0n) is 13.7. The summed E-state index contributed by atoms with van der Waals surface area (Å²) in [4.78, 5) is 22.6. The van der Waals surface area contributed by atoms with Gasteiger partial charge in [-0.15, -0.1) is 0 Å². The highest BCUT2D eigenvalue weighted by Crippen LogP contribution is 2.24. The minimum absolute atomic E-state index is 0.0935. The molecule has 2 aromatic rings. The van der Waals surface area contributed by atoms with Gasteiger partial charge in [-0.05, 0) is 18.4 Å². The summed E-state index contributed by atoms with van der Waals surface area (Å²) in [6, 6.07) is 9.80. The number of aromatic nitrogens is 2. The van der Waals surface area contributed by atoms with Crippen LogP contribution < -0.4 is 9.47 Å². The minimum Gasteiger partial charge on any atom is -0.477 e. The molecule has 1 atom stereocenters. The van der Waals surface area contributed by atoms with Crippen molar-refractivity contribution in [2.45, 2.75) is 25.4 Å². The minimum atomic E-state index is -0.0935. The van der Waals surface area contributed by atoms with Crippen molar-refractivity contribution in [1.29, 1.82) is 0 Å². The standard InChI is InChI=1S/C18H21N3O3/c1-23-17-18(20-10-9-19-17)24-15-8-5-11-21(13-15)16(22)12-14-6-3-2-4-7-14/h2-4,6-7,9-10,15H,5,8,11-13H2,1H3. The number of likely N-dealkylation sites (tertiary alicyclic amines) is 1. The Hall–Kier alpha value is -2.63. The second-order valence-electron chi connectivity index (χ2n) is 5.75. The van der Waals surface area contributed by atoms with E-state index in [0.717, 1.165) is 24.9 Å². The average Bonchev–Trinajstić information content (AvgIpc) is 2.63. The first-order valence-corrected chi connectivity index (χ1v) is 8.09. The molecule has 1 amide bonds. The first-order valence-electron chi connectivity index (χ1n) is 8.09. The maximum Gasteiger partial charge on any atom is 0.278 e. The van der Waals surface area contributed by atoms with Crippen molar-refractivity contribution in [2.24, 2.45) is 0 Å². The Balaban J connectivity index is 1.61. The maximum absolute atomic E-state index is 12.5. The van der Waals surface area contributed by atoms with Gasteiger partial charge in [-0.1, -0.05) is 30.3 Å². The van der Waals surface area contributed by atoms with Gasteiger partial charge in [0.2, 0.25) is 5.91 Å². The second-order valence-corrected chi connectivity index (χ2v) is 5.75. The first kappa shape index (κ1) is 16.2. The van der Waals surface area contributed by atoms with Crippen molar-refractivity contribution >= 4 is 5.91 Å². The largest absolute Gasteiger partial charge is 0.477 e. The van der Waals surface area contributed by atoms with E-state index in [1.807, 2.05) is 35.2 Å². The van der Waals surface area contributed by atoms with E-state index in [1.165, 1.54) is 7.11 Å². The molecule has 0 N–H and O–H groups in total. The summed E-state index contributed by atoms with van der Waals surface area (Å²) in [7, 11) is 1.54. The molecule has 126 valence electrons. The Morgan fingerprint density at radius 2 is 1.96 bits per heavy atom. The van der Waals surface area contributed by atoms with E-state index in [4.69, 9.17) is 9.47 Å². The van der Waals surface area contributed by atoms with Gasteiger partial charge in [0.1, 0.15) is 6.10 Å². The molecule has 1 aromatic carbocycles. The van der Waals surface area contributed by atoms with Crippen LogP contribution in [0.25, 0.3) is 0 Å². The maximum atomic E-state index is 12.5. The lowest BCUT2D eigenvalue weighted by Gasteiger charge is -2.32. The van der Waals surface area contributed by atoms with Crippen molar-refractivity contribution in [3.8, 4) is 11.8 Å². The van der Waals surface area contributed by atoms with Crippen LogP contribution in [-0.2, 0) is 11.2 Å². The summed E-state index contributed by atoms with van der Waals surface area (Å²) in [5.74, 6) is 0.869. The van der Waals surface area contributed by atoms with Crippen molar-refractivity contribution in [3.63, 3.8) is 0 Å². The molecule has 1 aromatic heterocycles. The molecule has 0 radical (unpaired) electrons. The third kappa shape index (κ3) is 4.01. The zero-order chi connectivity index (χ0) is 16.8. The summed E-state index contributed by atoms with van der Waals surface area (Å²) < 4.78 is 11.1. The van der Waals surface area contributed by atoms with Gasteiger partial charge >= 0.3 is 0 Å². The van der Waals surface area contributed by atoms with Crippen LogP contribution in [0.2, 0.25) is 0 Å². The van der Waals surface area contributed by atoms with Crippen LogP contribution in [0, 0.1) is 0 Å². The topological polar surface area (TPSA) is 64.6 Å². The number of hydrogen-bond donors (Lipinski definition) is 0. The third-order valence-corrected chi connectivity index (χ3v) is 4.03. The van der Waals surface area contributed by atoms with Crippen LogP contribution in [0.3, 0.4) is 0 Å². The Morgan fingerprint density at radius 1 is 1.21 bits per heavy atom. The van der Waals surface area contributed by atoms with E-state index in [0.29, 0.717) is 24.7 Å². The van der Waals surface area contributed by atoms with Gasteiger partial charge in [0.25, 0.3) is 11.8 Å². The number of amides is 1. The molecule has 24 heavy (non-hydrogen) atoms. The van der Waals surface area contributed by atoms with E-state index in [2.05, 4.69) is 9.97 Å². The van der Waals surface area contributed by atoms with Gasteiger partial charge in [0.05, 0.1) is 20.1 Å². The predicted molar refractivity (Wildman–Crippen MR) is 89.0 cm³/mol. The molecule has 0 aliphatic carbocycles. The summed E-state index contributed by atoms with van der Waals surface area (Å²) in [5, 5.41) is 0. The van der Waals surface area contributed by atoms with E-state index in [9.17, 15) is 4.79 Å². The highest BCUT2D eigenvalue weighted by molar-refractivity contribution is 5.78. The van der Waals surface area contributed by atoms with Crippen LogP contribution in [0.15, 0.2) is 42.7 Å². The Labute approximate surface area is 141 Å². The number of nitrogens with zero attached hydrogens (tertiary/aromatic N) is 3. The van der Waals surface area contributed by atoms with Gasteiger partial charge in [-0.25, -0.2) is 9.97 Å². The number of ether oxygens (including phenoxy) is 2. The molecule has 1 aliphatic heterocycles. The molecule has 0 spiro atoms. The van der Waals surface area contributed by atoms with Crippen molar-refractivity contribution in [3.05, 3.63) is 48.3 Å². The number of rotatable bonds is 5. The number of piperidine rings is 1. The van der Waals surface area contributed by atoms with E-state index in [1.54, 1.807) is 12.4 Å². The molecule has 3 rings (SSSR count). The lowest BCUT2D eigenvalue weighted by atomic mass is 10.1. The number of carbonyl (C=O) groups excluding carboxylic acids is 1. The zero-order valence-corrected chi connectivity index (χ0v) is 13.7. The van der Waals surface area contributed by atoms with Gasteiger partial charge < -0.3 is 14.4 Å². The molecule has 2 heterocycles. The number of methoxy groups -OCH3 is 1. The highest BCUT2D eigenvalue weighted by atomic mass is 16.5. The van der Waals surface area contributed by atoms with Gasteiger partial charge in [0, 0.05) is 18.9 Å². The molecule has 0 bridgehead atoms. The summed E-state index contributed by atoms with van der Waals surface area (Å²) in [6.45, 7) is 1.33. The molecule has 6 nitrogen and oxygen atoms in total. The SMILES string of the molecule is COc1nccnc1OC1CCCN(C(=O)Cc2ccccc2)C1. The Bertz CT molecular complexity index is 678. The quantitative estimate of drug-likeness (QED) is 0.841. The van der Waals surface area contributed by atoms with Crippen LogP contribution in [-0.4, -0.2) is 47.1 Å². The molecule has 1 saturated heterocycles. The third-order valence-electron chi connectivity index (χ3n) is 4.03. The van der Waals surface area contributed by atoms with E-state index >= 15 is 0 Å². The molecule has 0 saturated carbocycles. The van der Waals surface area contributed by atoms with Gasteiger partial charge in [-0.3, -0.25) is 4.79 Å². The monoisotopic (exact) mass is 327 g/mol. The fourth-order valence-corrected chi connectivity index (χ4v) is 2.83. The summed E-state index contributed by atoms with van der Waals surface area (Å²) >= 11 is 0. The lowest BCUT2D eigenvalue weighted by molar-refractivity contribution is -0.133. The molecular weight excluding hydrogens is 306 g/mol. The van der Waals surface area contributed by atoms with Crippen molar-refractivity contribution in [1.82, 2.24) is 14.9 Å². The number of hydrogen-bond acceptors (Lipinski definition) is 5. The molecule has 6 heteroatoms. The predicted octanol–water partition coefficient (Wildman–Crippen LogP) is 2.10. The smallest absolute Gasteiger partial charge is 0.278 e. The van der Waals surface area contributed by atoms with E-state index < -0.39 is 0 Å². The molecule has 1 fully saturated rings. The number of benzene rings is 1. The van der Waals surface area contributed by atoms with Crippen LogP contribution in [0.5, 0.6) is 11.8 Å². The van der Waals surface area contributed by atoms with E-state index in [-0.39, 0.29) is 12.0 Å². The fraction of sp³-hybridized carbons (Fsp3) is 0.389. The average molecular weight is 327 g/mol. The summed E-state index contributed by atoms with van der Waals surface area (Å²) in [6.07, 6.45) is 5.25. The Morgan fingerprint density at radius 3 is 2.71 bits per heavy atom. The van der Waals surface area contributed by atoms with Gasteiger partial charge in [0.15, 0.2) is 0 Å². The van der Waals surface area contributed by atoms with Crippen LogP contribution in [0.4, 0.5) is 0 Å². The lowest BCUT2D eigenvalue weighted by Crippen LogP contribution is -2.45. The molecule has 1 aliphatic rings. The second kappa shape index (κ2) is 7.77. The number of carbonyl (C=O) groups is 1. The van der Waals surface area contributed by atoms with Crippen LogP contribution in [0.1, 0.15) is 18.4 Å². The van der Waals surface area contributed by atoms with Crippen LogP contribution >= 0.6 is 0 Å². The molecule has 1 unspecified atom stereocenters. The first-order chi connectivity index (χ1) is 11.8. The Kier molecular flexibility index (Phi) is 5.25. The normalized spacial score (nSPS) is 17.4. The fourth-order valence-electron chi connectivity index (χ4n) is 2.83. The highest BCUT2D eigenvalue weighted by Gasteiger charge is 2.26. The molecular formula is C18H21N3O3.